The Hall–Kier alpha value is -1.75. The molecule has 1 aliphatic heterocycles. The first-order chi connectivity index (χ1) is 6.40. The smallest absolute Gasteiger partial charge is 0.194 e. The first-order valence-corrected chi connectivity index (χ1v) is 4.12. The second-order valence-electron chi connectivity index (χ2n) is 2.80. The van der Waals surface area contributed by atoms with E-state index in [1.54, 1.807) is 0 Å². The third-order valence-corrected chi connectivity index (χ3v) is 1.90. The molecule has 0 aliphatic carbocycles. The molecule has 0 atom stereocenters. The van der Waals surface area contributed by atoms with Crippen molar-refractivity contribution < 1.29 is 4.74 Å². The fourth-order valence-electron chi connectivity index (χ4n) is 1.31. The summed E-state index contributed by atoms with van der Waals surface area (Å²) in [4.78, 5) is 4.29. The molecule has 0 bridgehead atoms. The highest BCUT2D eigenvalue weighted by molar-refractivity contribution is 5.87. The fourth-order valence-corrected chi connectivity index (χ4v) is 1.31. The van der Waals surface area contributed by atoms with Gasteiger partial charge in [-0.15, -0.1) is 6.42 Å². The molecule has 1 aliphatic rings. The van der Waals surface area contributed by atoms with Crippen LogP contribution in [0.3, 0.4) is 0 Å². The van der Waals surface area contributed by atoms with Crippen molar-refractivity contribution in [1.29, 1.82) is 0 Å². The molecule has 0 radical (unpaired) electrons. The average molecular weight is 171 g/mol. The summed E-state index contributed by atoms with van der Waals surface area (Å²) < 4.78 is 5.25. The van der Waals surface area contributed by atoms with E-state index in [1.807, 2.05) is 24.3 Å². The van der Waals surface area contributed by atoms with E-state index < -0.39 is 0 Å². The lowest BCUT2D eigenvalue weighted by Crippen LogP contribution is -2.04. The Labute approximate surface area is 77.3 Å². The lowest BCUT2D eigenvalue weighted by Gasteiger charge is -1.98. The number of para-hydroxylation sites is 1. The molecule has 2 heteroatoms. The number of ether oxygens (including phenoxy) is 1. The highest BCUT2D eigenvalue weighted by Gasteiger charge is 2.13. The van der Waals surface area contributed by atoms with Crippen LogP contribution in [0, 0.1) is 12.3 Å². The minimum absolute atomic E-state index is 0.298. The van der Waals surface area contributed by atoms with Crippen LogP contribution in [0.5, 0.6) is 0 Å². The topological polar surface area (TPSA) is 21.6 Å². The number of terminal acetylenes is 1. The molecule has 0 aromatic heterocycles. The van der Waals surface area contributed by atoms with Gasteiger partial charge in [0, 0.05) is 0 Å². The second-order valence-corrected chi connectivity index (χ2v) is 2.80. The van der Waals surface area contributed by atoms with E-state index in [0.29, 0.717) is 6.61 Å². The minimum Gasteiger partial charge on any atom is -0.467 e. The van der Waals surface area contributed by atoms with Crippen LogP contribution in [-0.2, 0) is 11.2 Å². The van der Waals surface area contributed by atoms with E-state index in [2.05, 4.69) is 10.9 Å². The molecule has 1 heterocycles. The molecule has 64 valence electrons. The Kier molecular flexibility index (Phi) is 2.01. The maximum atomic E-state index is 5.25. The zero-order valence-electron chi connectivity index (χ0n) is 7.16. The quantitative estimate of drug-likeness (QED) is 0.591. The summed E-state index contributed by atoms with van der Waals surface area (Å²) >= 11 is 0. The molecule has 0 saturated carbocycles. The van der Waals surface area contributed by atoms with E-state index in [9.17, 15) is 0 Å². The number of hydrogen-bond acceptors (Lipinski definition) is 2. The molecule has 0 N–H and O–H groups in total. The number of aliphatic imine (C=N–C) groups is 1. The van der Waals surface area contributed by atoms with Crippen molar-refractivity contribution in [2.75, 3.05) is 6.61 Å². The summed E-state index contributed by atoms with van der Waals surface area (Å²) in [5.41, 5.74) is 2.20. The van der Waals surface area contributed by atoms with E-state index in [-0.39, 0.29) is 0 Å². The first-order valence-electron chi connectivity index (χ1n) is 4.12. The van der Waals surface area contributed by atoms with Gasteiger partial charge in [-0.2, -0.15) is 0 Å². The largest absolute Gasteiger partial charge is 0.467 e. The summed E-state index contributed by atoms with van der Waals surface area (Å²) in [7, 11) is 0. The standard InChI is InChI=1S/C11H9NO/c1-2-7-13-11-8-9-5-3-4-6-10(9)12-11/h1,3-6H,7-8H2. The number of fused-ring (bicyclic) bond motifs is 1. The van der Waals surface area contributed by atoms with Crippen LogP contribution in [0.1, 0.15) is 5.56 Å². The molecule has 0 amide bonds. The number of benzene rings is 1. The van der Waals surface area contributed by atoms with Crippen molar-refractivity contribution in [2.45, 2.75) is 6.42 Å². The van der Waals surface area contributed by atoms with Gasteiger partial charge in [0.15, 0.2) is 5.90 Å². The summed E-state index contributed by atoms with van der Waals surface area (Å²) in [5, 5.41) is 0. The van der Waals surface area contributed by atoms with Crippen LogP contribution in [0.25, 0.3) is 0 Å². The Balaban J connectivity index is 2.13. The van der Waals surface area contributed by atoms with Gasteiger partial charge in [-0.3, -0.25) is 0 Å². The molecule has 2 rings (SSSR count). The van der Waals surface area contributed by atoms with Gasteiger partial charge in [0.05, 0.1) is 12.1 Å². The fraction of sp³-hybridized carbons (Fsp3) is 0.182. The van der Waals surface area contributed by atoms with Crippen LogP contribution >= 0.6 is 0 Å². The molecule has 1 aromatic carbocycles. The van der Waals surface area contributed by atoms with Gasteiger partial charge in [0.25, 0.3) is 0 Å². The summed E-state index contributed by atoms with van der Waals surface area (Å²) in [6, 6.07) is 7.98. The zero-order chi connectivity index (χ0) is 9.10. The van der Waals surface area contributed by atoms with Crippen molar-refractivity contribution in [1.82, 2.24) is 0 Å². The first kappa shape index (κ1) is 7.88. The SMILES string of the molecule is C#CCOC1=Nc2ccccc2C1. The number of rotatable bonds is 1. The molecule has 2 nitrogen and oxygen atoms in total. The normalized spacial score (nSPS) is 13.0. The molecule has 0 spiro atoms. The number of hydrogen-bond donors (Lipinski definition) is 0. The highest BCUT2D eigenvalue weighted by atomic mass is 16.5. The van der Waals surface area contributed by atoms with Crippen LogP contribution < -0.4 is 0 Å². The minimum atomic E-state index is 0.298. The van der Waals surface area contributed by atoms with Gasteiger partial charge in [-0.1, -0.05) is 24.1 Å². The zero-order valence-corrected chi connectivity index (χ0v) is 7.16. The molecular formula is C11H9NO. The third kappa shape index (κ3) is 1.54. The van der Waals surface area contributed by atoms with E-state index >= 15 is 0 Å². The van der Waals surface area contributed by atoms with Crippen LogP contribution in [0.4, 0.5) is 5.69 Å². The van der Waals surface area contributed by atoms with Gasteiger partial charge in [0.1, 0.15) is 6.61 Å². The third-order valence-electron chi connectivity index (χ3n) is 1.90. The Morgan fingerprint density at radius 2 is 2.31 bits per heavy atom. The summed E-state index contributed by atoms with van der Waals surface area (Å²) in [6.45, 7) is 0.298. The molecule has 1 aromatic rings. The second kappa shape index (κ2) is 3.32. The Morgan fingerprint density at radius 1 is 1.46 bits per heavy atom. The van der Waals surface area contributed by atoms with Crippen molar-refractivity contribution in [3.63, 3.8) is 0 Å². The van der Waals surface area contributed by atoms with Gasteiger partial charge in [-0.25, -0.2) is 4.99 Å². The molecular weight excluding hydrogens is 162 g/mol. The van der Waals surface area contributed by atoms with E-state index in [4.69, 9.17) is 11.2 Å². The summed E-state index contributed by atoms with van der Waals surface area (Å²) in [6.07, 6.45) is 5.84. The van der Waals surface area contributed by atoms with Crippen LogP contribution in [0.15, 0.2) is 29.3 Å². The van der Waals surface area contributed by atoms with E-state index in [1.165, 1.54) is 5.56 Å². The maximum absolute atomic E-state index is 5.25. The van der Waals surface area contributed by atoms with Gasteiger partial charge in [-0.05, 0) is 11.6 Å². The van der Waals surface area contributed by atoms with Crippen molar-refractivity contribution in [2.24, 2.45) is 4.99 Å². The molecule has 0 fully saturated rings. The summed E-state index contributed by atoms with van der Waals surface area (Å²) in [5.74, 6) is 3.14. The predicted octanol–water partition coefficient (Wildman–Crippen LogP) is 1.92. The lowest BCUT2D eigenvalue weighted by molar-refractivity contribution is 0.352. The van der Waals surface area contributed by atoms with Gasteiger partial charge >= 0.3 is 0 Å². The Morgan fingerprint density at radius 3 is 3.08 bits per heavy atom. The van der Waals surface area contributed by atoms with E-state index in [0.717, 1.165) is 18.0 Å². The molecule has 13 heavy (non-hydrogen) atoms. The van der Waals surface area contributed by atoms with Crippen molar-refractivity contribution in [3.05, 3.63) is 29.8 Å². The van der Waals surface area contributed by atoms with Gasteiger partial charge < -0.3 is 4.74 Å². The monoisotopic (exact) mass is 171 g/mol. The van der Waals surface area contributed by atoms with Crippen molar-refractivity contribution in [3.8, 4) is 12.3 Å². The van der Waals surface area contributed by atoms with Crippen molar-refractivity contribution >= 4 is 11.6 Å². The van der Waals surface area contributed by atoms with Crippen LogP contribution in [0.2, 0.25) is 0 Å². The van der Waals surface area contributed by atoms with Crippen LogP contribution in [-0.4, -0.2) is 12.5 Å². The molecule has 0 unspecified atom stereocenters. The maximum Gasteiger partial charge on any atom is 0.194 e. The average Bonchev–Trinajstić information content (AvgIpc) is 2.57. The Bertz CT molecular complexity index is 387. The lowest BCUT2D eigenvalue weighted by atomic mass is 10.1. The molecule has 0 saturated heterocycles. The number of nitrogens with zero attached hydrogens (tertiary/aromatic N) is 1. The predicted molar refractivity (Wildman–Crippen MR) is 52.0 cm³/mol. The van der Waals surface area contributed by atoms with Gasteiger partial charge in [0.2, 0.25) is 0 Å². The highest BCUT2D eigenvalue weighted by Crippen LogP contribution is 2.25.